The third-order valence-electron chi connectivity index (χ3n) is 4.17. The maximum Gasteiger partial charge on any atom is 0.0319 e. The number of rotatable bonds is 3. The van der Waals surface area contributed by atoms with Gasteiger partial charge in [0, 0.05) is 18.8 Å². The smallest absolute Gasteiger partial charge is 0.0319 e. The van der Waals surface area contributed by atoms with E-state index in [1.165, 1.54) is 44.3 Å². The highest BCUT2D eigenvalue weighted by atomic mass is 16.2. The molecule has 0 bridgehead atoms. The quantitative estimate of drug-likeness (QED) is 0.820. The van der Waals surface area contributed by atoms with Gasteiger partial charge in [-0.1, -0.05) is 38.8 Å². The Morgan fingerprint density at radius 2 is 1.50 bits per heavy atom. The third-order valence-corrected chi connectivity index (χ3v) is 4.17. The van der Waals surface area contributed by atoms with Crippen LogP contribution in [0.25, 0.3) is 0 Å². The molecule has 0 aliphatic carbocycles. The molecular weight excluding hydrogens is 272 g/mol. The zero-order valence-electron chi connectivity index (χ0n) is 15.2. The van der Waals surface area contributed by atoms with Gasteiger partial charge in [-0.3, -0.25) is 0 Å². The number of hydrogen-bond acceptors (Lipinski definition) is 3. The molecule has 22 heavy (non-hydrogen) atoms. The molecule has 1 heterocycles. The molecule has 0 saturated carbocycles. The SMILES string of the molecule is CC(C)N1CCC(c2ccc(N)cc2)CC1.CCCC.CO. The number of aliphatic hydroxyl groups excluding tert-OH is 1. The average molecular weight is 309 g/mol. The van der Waals surface area contributed by atoms with Gasteiger partial charge in [0.15, 0.2) is 0 Å². The van der Waals surface area contributed by atoms with Gasteiger partial charge in [0.2, 0.25) is 0 Å². The summed E-state index contributed by atoms with van der Waals surface area (Å²) in [6.07, 6.45) is 5.20. The number of nitrogens with zero attached hydrogens (tertiary/aromatic N) is 1. The Kier molecular flexibility index (Phi) is 11.9. The molecule has 1 saturated heterocycles. The van der Waals surface area contributed by atoms with Crippen molar-refractivity contribution in [2.45, 2.75) is 65.3 Å². The van der Waals surface area contributed by atoms with Crippen LogP contribution in [0.3, 0.4) is 0 Å². The van der Waals surface area contributed by atoms with Crippen molar-refractivity contribution in [3.63, 3.8) is 0 Å². The van der Waals surface area contributed by atoms with Crippen LogP contribution in [0.5, 0.6) is 0 Å². The monoisotopic (exact) mass is 308 g/mol. The van der Waals surface area contributed by atoms with Crippen molar-refractivity contribution in [2.24, 2.45) is 0 Å². The molecule has 0 unspecified atom stereocenters. The Bertz CT molecular complexity index is 352. The first-order chi connectivity index (χ1) is 10.6. The highest BCUT2D eigenvalue weighted by molar-refractivity contribution is 5.40. The summed E-state index contributed by atoms with van der Waals surface area (Å²) in [7, 11) is 1.00. The lowest BCUT2D eigenvalue weighted by Crippen LogP contribution is -2.37. The number of benzene rings is 1. The Labute approximate surface area is 137 Å². The number of anilines is 1. The number of hydrogen-bond donors (Lipinski definition) is 2. The predicted octanol–water partition coefficient (Wildman–Crippen LogP) is 4.27. The van der Waals surface area contributed by atoms with Crippen molar-refractivity contribution < 1.29 is 5.11 Å². The second kappa shape index (κ2) is 12.5. The van der Waals surface area contributed by atoms with Gasteiger partial charge in [-0.05, 0) is 63.4 Å². The summed E-state index contributed by atoms with van der Waals surface area (Å²) in [5, 5.41) is 7.00. The lowest BCUT2D eigenvalue weighted by molar-refractivity contribution is 0.172. The molecule has 0 radical (unpaired) electrons. The number of nitrogens with two attached hydrogens (primary N) is 1. The summed E-state index contributed by atoms with van der Waals surface area (Å²) in [6.45, 7) is 11.4. The van der Waals surface area contributed by atoms with Crippen LogP contribution in [0.2, 0.25) is 0 Å². The molecule has 0 aromatic heterocycles. The van der Waals surface area contributed by atoms with Gasteiger partial charge in [-0.15, -0.1) is 0 Å². The normalized spacial score (nSPS) is 15.6. The van der Waals surface area contributed by atoms with Gasteiger partial charge in [0.25, 0.3) is 0 Å². The fraction of sp³-hybridized carbons (Fsp3) is 0.684. The van der Waals surface area contributed by atoms with E-state index in [9.17, 15) is 0 Å². The van der Waals surface area contributed by atoms with Crippen molar-refractivity contribution in [1.82, 2.24) is 4.90 Å². The standard InChI is InChI=1S/C14H22N2.C4H10.CH4O/c1-11(2)16-9-7-13(8-10-16)12-3-5-14(15)6-4-12;1-3-4-2;1-2/h3-6,11,13H,7-10,15H2,1-2H3;3-4H2,1-2H3;2H,1H3. The summed E-state index contributed by atoms with van der Waals surface area (Å²) in [4.78, 5) is 2.56. The Balaban J connectivity index is 0.000000640. The van der Waals surface area contributed by atoms with Crippen molar-refractivity contribution in [3.8, 4) is 0 Å². The largest absolute Gasteiger partial charge is 0.400 e. The van der Waals surface area contributed by atoms with E-state index in [1.807, 2.05) is 12.1 Å². The minimum atomic E-state index is 0.687. The molecule has 3 N–H and O–H groups in total. The van der Waals surface area contributed by atoms with Gasteiger partial charge >= 0.3 is 0 Å². The van der Waals surface area contributed by atoms with E-state index >= 15 is 0 Å². The minimum Gasteiger partial charge on any atom is -0.400 e. The Morgan fingerprint density at radius 1 is 1.05 bits per heavy atom. The zero-order chi connectivity index (χ0) is 17.0. The van der Waals surface area contributed by atoms with Gasteiger partial charge < -0.3 is 15.7 Å². The number of likely N-dealkylation sites (tertiary alicyclic amines) is 1. The van der Waals surface area contributed by atoms with Gasteiger partial charge in [-0.2, -0.15) is 0 Å². The van der Waals surface area contributed by atoms with Crippen LogP contribution in [-0.4, -0.2) is 36.2 Å². The van der Waals surface area contributed by atoms with E-state index in [0.717, 1.165) is 18.7 Å². The van der Waals surface area contributed by atoms with E-state index in [0.29, 0.717) is 6.04 Å². The lowest BCUT2D eigenvalue weighted by Gasteiger charge is -2.34. The van der Waals surface area contributed by atoms with Crippen molar-refractivity contribution >= 4 is 5.69 Å². The zero-order valence-corrected chi connectivity index (χ0v) is 15.2. The molecule has 0 spiro atoms. The first kappa shape index (κ1) is 20.9. The highest BCUT2D eigenvalue weighted by Crippen LogP contribution is 2.29. The molecular formula is C19H36N2O. The Morgan fingerprint density at radius 3 is 1.86 bits per heavy atom. The van der Waals surface area contributed by atoms with E-state index in [4.69, 9.17) is 10.8 Å². The molecule has 1 fully saturated rings. The molecule has 1 aromatic carbocycles. The summed E-state index contributed by atoms with van der Waals surface area (Å²) in [5.41, 5.74) is 8.03. The number of nitrogen functional groups attached to an aromatic ring is 1. The molecule has 0 atom stereocenters. The number of aliphatic hydroxyl groups is 1. The third kappa shape index (κ3) is 7.81. The predicted molar refractivity (Wildman–Crippen MR) is 98.3 cm³/mol. The van der Waals surface area contributed by atoms with Gasteiger partial charge in [-0.25, -0.2) is 0 Å². The lowest BCUT2D eigenvalue weighted by atomic mass is 9.89. The minimum absolute atomic E-state index is 0.687. The summed E-state index contributed by atoms with van der Waals surface area (Å²) < 4.78 is 0. The maximum atomic E-state index is 7.00. The van der Waals surface area contributed by atoms with Gasteiger partial charge in [0.05, 0.1) is 0 Å². The summed E-state index contributed by atoms with van der Waals surface area (Å²) in [5.74, 6) is 0.732. The fourth-order valence-electron chi connectivity index (χ4n) is 2.52. The fourth-order valence-corrected chi connectivity index (χ4v) is 2.52. The molecule has 2 rings (SSSR count). The van der Waals surface area contributed by atoms with Crippen molar-refractivity contribution in [1.29, 1.82) is 0 Å². The second-order valence-electron chi connectivity index (χ2n) is 6.07. The van der Waals surface area contributed by atoms with E-state index < -0.39 is 0 Å². The number of piperidine rings is 1. The van der Waals surface area contributed by atoms with Crippen molar-refractivity contribution in [3.05, 3.63) is 29.8 Å². The first-order valence-corrected chi connectivity index (χ1v) is 8.62. The van der Waals surface area contributed by atoms with Crippen molar-refractivity contribution in [2.75, 3.05) is 25.9 Å². The maximum absolute atomic E-state index is 7.00. The number of unbranched alkanes of at least 4 members (excludes halogenated alkanes) is 1. The summed E-state index contributed by atoms with van der Waals surface area (Å²) >= 11 is 0. The van der Waals surface area contributed by atoms with E-state index in [-0.39, 0.29) is 0 Å². The average Bonchev–Trinajstić information content (AvgIpc) is 2.58. The van der Waals surface area contributed by atoms with Crippen LogP contribution in [0.4, 0.5) is 5.69 Å². The molecule has 3 heteroatoms. The van der Waals surface area contributed by atoms with E-state index in [2.05, 4.69) is 44.7 Å². The van der Waals surface area contributed by atoms with Crippen LogP contribution in [0.1, 0.15) is 64.9 Å². The summed E-state index contributed by atoms with van der Waals surface area (Å²) in [6, 6.07) is 9.09. The van der Waals surface area contributed by atoms with Crippen LogP contribution in [0, 0.1) is 0 Å². The molecule has 128 valence electrons. The highest BCUT2D eigenvalue weighted by Gasteiger charge is 2.21. The first-order valence-electron chi connectivity index (χ1n) is 8.62. The topological polar surface area (TPSA) is 49.5 Å². The Hall–Kier alpha value is -1.06. The molecule has 1 aromatic rings. The molecule has 0 amide bonds. The molecule has 3 nitrogen and oxygen atoms in total. The van der Waals surface area contributed by atoms with Gasteiger partial charge in [0.1, 0.15) is 0 Å². The van der Waals surface area contributed by atoms with Crippen LogP contribution < -0.4 is 5.73 Å². The second-order valence-corrected chi connectivity index (χ2v) is 6.07. The molecule has 1 aliphatic heterocycles. The van der Waals surface area contributed by atoms with Crippen LogP contribution in [-0.2, 0) is 0 Å². The van der Waals surface area contributed by atoms with Crippen LogP contribution in [0.15, 0.2) is 24.3 Å². The van der Waals surface area contributed by atoms with Crippen LogP contribution >= 0.6 is 0 Å². The molecule has 1 aliphatic rings. The van der Waals surface area contributed by atoms with E-state index in [1.54, 1.807) is 0 Å².